The number of hydrogen-bond acceptors (Lipinski definition) is 7. The molecule has 4 heterocycles. The van der Waals surface area contributed by atoms with Crippen molar-refractivity contribution in [2.75, 3.05) is 36.0 Å². The topological polar surface area (TPSA) is 74.6 Å². The fraction of sp³-hybridized carbons (Fsp3) is 0.409. The molecule has 7 heteroatoms. The van der Waals surface area contributed by atoms with Crippen LogP contribution in [-0.4, -0.2) is 58.4 Å². The number of pyridine rings is 1. The first-order valence-corrected chi connectivity index (χ1v) is 10.3. The van der Waals surface area contributed by atoms with Gasteiger partial charge in [-0.3, -0.25) is 0 Å². The Kier molecular flexibility index (Phi) is 4.89. The van der Waals surface area contributed by atoms with E-state index < -0.39 is 0 Å². The number of aliphatic hydroxyl groups excluding tert-OH is 1. The van der Waals surface area contributed by atoms with Gasteiger partial charge in [-0.25, -0.2) is 15.0 Å². The first kappa shape index (κ1) is 18.1. The number of rotatable bonds is 4. The van der Waals surface area contributed by atoms with E-state index in [0.29, 0.717) is 5.88 Å². The zero-order valence-electron chi connectivity index (χ0n) is 16.3. The molecular formula is C22H25N5O2. The Morgan fingerprint density at radius 3 is 2.72 bits per heavy atom. The Bertz CT molecular complexity index is 992. The third-order valence-electron chi connectivity index (χ3n) is 5.68. The molecule has 29 heavy (non-hydrogen) atoms. The Labute approximate surface area is 170 Å². The maximum absolute atomic E-state index is 9.91. The van der Waals surface area contributed by atoms with E-state index in [-0.39, 0.29) is 12.2 Å². The molecule has 2 fully saturated rings. The first-order chi connectivity index (χ1) is 14.3. The van der Waals surface area contributed by atoms with E-state index in [4.69, 9.17) is 9.72 Å². The van der Waals surface area contributed by atoms with E-state index in [2.05, 4.69) is 38.0 Å². The predicted octanol–water partition coefficient (Wildman–Crippen LogP) is 2.64. The number of anilines is 2. The highest BCUT2D eigenvalue weighted by atomic mass is 16.5. The minimum absolute atomic E-state index is 0.0660. The first-order valence-electron chi connectivity index (χ1n) is 10.3. The van der Waals surface area contributed by atoms with Gasteiger partial charge in [-0.2, -0.15) is 0 Å². The van der Waals surface area contributed by atoms with E-state index in [0.717, 1.165) is 68.0 Å². The van der Waals surface area contributed by atoms with Crippen LogP contribution in [0, 0.1) is 0 Å². The lowest BCUT2D eigenvalue weighted by molar-refractivity contribution is 0.158. The summed E-state index contributed by atoms with van der Waals surface area (Å²) in [5, 5.41) is 11.1. The van der Waals surface area contributed by atoms with Crippen molar-refractivity contribution >= 4 is 22.5 Å². The molecule has 2 aliphatic rings. The van der Waals surface area contributed by atoms with Gasteiger partial charge in [0, 0.05) is 30.9 Å². The second kappa shape index (κ2) is 7.83. The van der Waals surface area contributed by atoms with Crippen LogP contribution in [0.15, 0.2) is 48.8 Å². The van der Waals surface area contributed by atoms with Crippen LogP contribution < -0.4 is 14.5 Å². The second-order valence-corrected chi connectivity index (χ2v) is 7.76. The zero-order chi connectivity index (χ0) is 19.6. The number of fused-ring (bicyclic) bond motifs is 1. The SMILES string of the molecule is OC1CCCN(c2nccnc2OC2CN(c3ccc4ccccc4n3)C2)CC1. The van der Waals surface area contributed by atoms with Crippen molar-refractivity contribution < 1.29 is 9.84 Å². The van der Waals surface area contributed by atoms with Gasteiger partial charge in [0.15, 0.2) is 5.82 Å². The van der Waals surface area contributed by atoms with Crippen molar-refractivity contribution in [1.29, 1.82) is 0 Å². The third kappa shape index (κ3) is 3.82. The number of nitrogens with zero attached hydrogens (tertiary/aromatic N) is 5. The van der Waals surface area contributed by atoms with Crippen LogP contribution in [0.4, 0.5) is 11.6 Å². The van der Waals surface area contributed by atoms with Crippen LogP contribution in [0.3, 0.4) is 0 Å². The summed E-state index contributed by atoms with van der Waals surface area (Å²) < 4.78 is 6.19. The summed E-state index contributed by atoms with van der Waals surface area (Å²) in [4.78, 5) is 18.1. The molecule has 5 rings (SSSR count). The number of aromatic nitrogens is 3. The number of benzene rings is 1. The normalized spacial score (nSPS) is 20.4. The summed E-state index contributed by atoms with van der Waals surface area (Å²) >= 11 is 0. The summed E-state index contributed by atoms with van der Waals surface area (Å²) in [5.41, 5.74) is 1.01. The molecule has 2 saturated heterocycles. The molecule has 0 amide bonds. The molecule has 2 aliphatic heterocycles. The van der Waals surface area contributed by atoms with Crippen LogP contribution in [-0.2, 0) is 0 Å². The number of ether oxygens (including phenoxy) is 1. The lowest BCUT2D eigenvalue weighted by atomic mass is 10.1. The molecular weight excluding hydrogens is 366 g/mol. The molecule has 1 N–H and O–H groups in total. The Morgan fingerprint density at radius 2 is 1.79 bits per heavy atom. The van der Waals surface area contributed by atoms with Crippen LogP contribution in [0.25, 0.3) is 10.9 Å². The van der Waals surface area contributed by atoms with E-state index in [9.17, 15) is 5.11 Å². The molecule has 150 valence electrons. The van der Waals surface area contributed by atoms with Gasteiger partial charge in [0.25, 0.3) is 5.88 Å². The summed E-state index contributed by atoms with van der Waals surface area (Å²) in [5.74, 6) is 2.34. The highest BCUT2D eigenvalue weighted by Crippen LogP contribution is 2.29. The number of aliphatic hydroxyl groups is 1. The Balaban J connectivity index is 1.25. The van der Waals surface area contributed by atoms with Crippen molar-refractivity contribution in [3.05, 3.63) is 48.8 Å². The lowest BCUT2D eigenvalue weighted by Gasteiger charge is -2.40. The molecule has 1 atom stereocenters. The van der Waals surface area contributed by atoms with Crippen molar-refractivity contribution in [2.24, 2.45) is 0 Å². The minimum Gasteiger partial charge on any atom is -0.468 e. The third-order valence-corrected chi connectivity index (χ3v) is 5.68. The summed E-state index contributed by atoms with van der Waals surface area (Å²) in [6.45, 7) is 3.19. The second-order valence-electron chi connectivity index (χ2n) is 7.76. The van der Waals surface area contributed by atoms with Gasteiger partial charge in [0.2, 0.25) is 0 Å². The van der Waals surface area contributed by atoms with Gasteiger partial charge in [0.1, 0.15) is 11.9 Å². The highest BCUT2D eigenvalue weighted by Gasteiger charge is 2.31. The molecule has 1 aromatic carbocycles. The van der Waals surface area contributed by atoms with Crippen LogP contribution in [0.5, 0.6) is 5.88 Å². The van der Waals surface area contributed by atoms with Crippen LogP contribution in [0.2, 0.25) is 0 Å². The van der Waals surface area contributed by atoms with Crippen molar-refractivity contribution in [1.82, 2.24) is 15.0 Å². The molecule has 3 aromatic rings. The Morgan fingerprint density at radius 1 is 0.931 bits per heavy atom. The van der Waals surface area contributed by atoms with E-state index >= 15 is 0 Å². The van der Waals surface area contributed by atoms with E-state index in [1.807, 2.05) is 18.2 Å². The molecule has 7 nitrogen and oxygen atoms in total. The molecule has 0 bridgehead atoms. The smallest absolute Gasteiger partial charge is 0.258 e. The van der Waals surface area contributed by atoms with E-state index in [1.165, 1.54) is 0 Å². The molecule has 0 spiro atoms. The molecule has 0 radical (unpaired) electrons. The van der Waals surface area contributed by atoms with Crippen molar-refractivity contribution in [3.63, 3.8) is 0 Å². The lowest BCUT2D eigenvalue weighted by Crippen LogP contribution is -2.54. The van der Waals surface area contributed by atoms with Crippen molar-refractivity contribution in [2.45, 2.75) is 31.5 Å². The molecule has 1 unspecified atom stereocenters. The van der Waals surface area contributed by atoms with E-state index in [1.54, 1.807) is 12.4 Å². The monoisotopic (exact) mass is 391 g/mol. The Hall–Kier alpha value is -2.93. The summed E-state index contributed by atoms with van der Waals surface area (Å²) in [6.07, 6.45) is 5.75. The van der Waals surface area contributed by atoms with Gasteiger partial charge >= 0.3 is 0 Å². The molecule has 2 aromatic heterocycles. The van der Waals surface area contributed by atoms with Gasteiger partial charge in [0.05, 0.1) is 24.7 Å². The number of para-hydroxylation sites is 1. The fourth-order valence-electron chi connectivity index (χ4n) is 4.00. The van der Waals surface area contributed by atoms with Crippen molar-refractivity contribution in [3.8, 4) is 5.88 Å². The predicted molar refractivity (Wildman–Crippen MR) is 112 cm³/mol. The van der Waals surface area contributed by atoms with Crippen LogP contribution >= 0.6 is 0 Å². The standard InChI is InChI=1S/C22H25N5O2/c28-17-5-3-12-26(13-9-17)21-22(24-11-10-23-21)29-18-14-27(15-18)20-8-7-16-4-1-2-6-19(16)25-20/h1-2,4,6-8,10-11,17-18,28H,3,5,9,12-15H2. The average molecular weight is 391 g/mol. The zero-order valence-corrected chi connectivity index (χ0v) is 16.3. The van der Waals surface area contributed by atoms with Gasteiger partial charge in [-0.1, -0.05) is 18.2 Å². The van der Waals surface area contributed by atoms with Gasteiger partial charge in [-0.05, 0) is 37.5 Å². The fourth-order valence-corrected chi connectivity index (χ4v) is 4.00. The van der Waals surface area contributed by atoms with Crippen LogP contribution in [0.1, 0.15) is 19.3 Å². The maximum atomic E-state index is 9.91. The largest absolute Gasteiger partial charge is 0.468 e. The summed E-state index contributed by atoms with van der Waals surface area (Å²) in [7, 11) is 0. The molecule has 0 saturated carbocycles. The quantitative estimate of drug-likeness (QED) is 0.733. The van der Waals surface area contributed by atoms with Gasteiger partial charge < -0.3 is 19.6 Å². The number of hydrogen-bond donors (Lipinski definition) is 1. The molecule has 0 aliphatic carbocycles. The average Bonchev–Trinajstić information content (AvgIpc) is 2.95. The highest BCUT2D eigenvalue weighted by molar-refractivity contribution is 5.80. The maximum Gasteiger partial charge on any atom is 0.258 e. The summed E-state index contributed by atoms with van der Waals surface area (Å²) in [6, 6.07) is 12.3. The minimum atomic E-state index is -0.226. The van der Waals surface area contributed by atoms with Gasteiger partial charge in [-0.15, -0.1) is 0 Å².